The largest absolute Gasteiger partial charge is 0.479 e. The Hall–Kier alpha value is -1.89. The summed E-state index contributed by atoms with van der Waals surface area (Å²) in [5.74, 6) is -1.67. The molecular weight excluding hydrogens is 214 g/mol. The van der Waals surface area contributed by atoms with E-state index in [0.29, 0.717) is 5.69 Å². The van der Waals surface area contributed by atoms with Crippen LogP contribution in [-0.2, 0) is 23.1 Å². The smallest absolute Gasteiger partial charge is 0.332 e. The van der Waals surface area contributed by atoms with E-state index < -0.39 is 18.5 Å². The van der Waals surface area contributed by atoms with Crippen molar-refractivity contribution >= 4 is 11.9 Å². The number of nitrogens with zero attached hydrogens (tertiary/aromatic N) is 2. The molecule has 7 nitrogen and oxygen atoms in total. The van der Waals surface area contributed by atoms with Gasteiger partial charge in [0.1, 0.15) is 5.69 Å². The predicted octanol–water partition coefficient (Wildman–Crippen LogP) is -0.272. The lowest BCUT2D eigenvalue weighted by atomic mass is 10.3. The zero-order chi connectivity index (χ0) is 12.1. The van der Waals surface area contributed by atoms with Gasteiger partial charge in [0, 0.05) is 7.05 Å². The van der Waals surface area contributed by atoms with Crippen LogP contribution >= 0.6 is 0 Å². The fraction of sp³-hybridized carbons (Fsp3) is 0.444. The van der Waals surface area contributed by atoms with Gasteiger partial charge in [-0.25, -0.2) is 10.3 Å². The number of carbonyl (C=O) groups is 2. The normalized spacial score (nSPS) is 10.1. The van der Waals surface area contributed by atoms with Crippen molar-refractivity contribution in [3.05, 3.63) is 17.5 Å². The molecule has 0 unspecified atom stereocenters. The van der Waals surface area contributed by atoms with E-state index in [2.05, 4.69) is 9.94 Å². The molecule has 88 valence electrons. The van der Waals surface area contributed by atoms with Gasteiger partial charge < -0.3 is 5.11 Å². The maximum absolute atomic E-state index is 11.5. The van der Waals surface area contributed by atoms with Crippen molar-refractivity contribution < 1.29 is 19.5 Å². The maximum Gasteiger partial charge on any atom is 0.332 e. The Bertz CT molecular complexity index is 399. The number of aliphatic carboxylic acids is 1. The van der Waals surface area contributed by atoms with Crippen LogP contribution < -0.4 is 5.48 Å². The molecule has 0 radical (unpaired) electrons. The van der Waals surface area contributed by atoms with Crippen LogP contribution in [0.2, 0.25) is 0 Å². The number of rotatable bonds is 5. The summed E-state index contributed by atoms with van der Waals surface area (Å²) in [6, 6.07) is 1.62. The monoisotopic (exact) mass is 227 g/mol. The Labute approximate surface area is 92.0 Å². The van der Waals surface area contributed by atoms with Crippen molar-refractivity contribution in [1.82, 2.24) is 15.3 Å². The SMILES string of the molecule is CCc1cc(C(=O)NOCC(=O)O)n(C)n1. The minimum atomic E-state index is -1.15. The Morgan fingerprint density at radius 2 is 2.31 bits per heavy atom. The standard InChI is InChI=1S/C9H13N3O4/c1-3-6-4-7(12(2)10-6)9(15)11-16-5-8(13)14/h4H,3,5H2,1-2H3,(H,11,15)(H,13,14). The van der Waals surface area contributed by atoms with Gasteiger partial charge in [-0.2, -0.15) is 5.10 Å². The summed E-state index contributed by atoms with van der Waals surface area (Å²) < 4.78 is 1.41. The van der Waals surface area contributed by atoms with Crippen LogP contribution in [0.5, 0.6) is 0 Å². The summed E-state index contributed by atoms with van der Waals surface area (Å²) in [5, 5.41) is 12.4. The van der Waals surface area contributed by atoms with Gasteiger partial charge in [-0.15, -0.1) is 0 Å². The van der Waals surface area contributed by atoms with Gasteiger partial charge in [-0.1, -0.05) is 6.92 Å². The highest BCUT2D eigenvalue weighted by molar-refractivity contribution is 5.91. The summed E-state index contributed by atoms with van der Waals surface area (Å²) in [4.78, 5) is 26.1. The van der Waals surface area contributed by atoms with E-state index in [0.717, 1.165) is 12.1 Å². The molecule has 1 aromatic rings. The molecule has 0 bridgehead atoms. The molecule has 1 rings (SSSR count). The summed E-state index contributed by atoms with van der Waals surface area (Å²) >= 11 is 0. The first kappa shape index (κ1) is 12.2. The van der Waals surface area contributed by atoms with Crippen LogP contribution in [0, 0.1) is 0 Å². The molecule has 1 aromatic heterocycles. The van der Waals surface area contributed by atoms with E-state index in [1.165, 1.54) is 4.68 Å². The Morgan fingerprint density at radius 3 is 2.81 bits per heavy atom. The zero-order valence-electron chi connectivity index (χ0n) is 9.06. The number of aromatic nitrogens is 2. The first-order chi connectivity index (χ1) is 7.54. The molecule has 1 amide bonds. The van der Waals surface area contributed by atoms with E-state index in [1.807, 2.05) is 12.4 Å². The summed E-state index contributed by atoms with van der Waals surface area (Å²) in [5.41, 5.74) is 3.13. The Balaban J connectivity index is 2.58. The Morgan fingerprint density at radius 1 is 1.62 bits per heavy atom. The molecule has 0 saturated heterocycles. The van der Waals surface area contributed by atoms with Gasteiger partial charge in [0.25, 0.3) is 5.91 Å². The van der Waals surface area contributed by atoms with Crippen LogP contribution in [0.25, 0.3) is 0 Å². The third-order valence-electron chi connectivity index (χ3n) is 1.89. The minimum Gasteiger partial charge on any atom is -0.479 e. The van der Waals surface area contributed by atoms with Gasteiger partial charge in [-0.3, -0.25) is 14.3 Å². The van der Waals surface area contributed by atoms with Crippen molar-refractivity contribution in [2.24, 2.45) is 7.05 Å². The fourth-order valence-corrected chi connectivity index (χ4v) is 1.13. The number of aryl methyl sites for hydroxylation is 2. The third-order valence-corrected chi connectivity index (χ3v) is 1.89. The number of carboxylic acids is 1. The zero-order valence-corrected chi connectivity index (χ0v) is 9.06. The highest BCUT2D eigenvalue weighted by Gasteiger charge is 2.12. The first-order valence-corrected chi connectivity index (χ1v) is 4.71. The summed E-state index contributed by atoms with van der Waals surface area (Å²) in [6.07, 6.45) is 0.719. The molecule has 1 heterocycles. The molecule has 0 spiro atoms. The molecule has 0 aliphatic rings. The highest BCUT2D eigenvalue weighted by Crippen LogP contribution is 2.03. The predicted molar refractivity (Wildman–Crippen MR) is 53.6 cm³/mol. The van der Waals surface area contributed by atoms with E-state index in [-0.39, 0.29) is 0 Å². The van der Waals surface area contributed by atoms with Crippen LogP contribution in [0.15, 0.2) is 6.07 Å². The number of carbonyl (C=O) groups excluding carboxylic acids is 1. The lowest BCUT2D eigenvalue weighted by Gasteiger charge is -2.03. The van der Waals surface area contributed by atoms with Crippen molar-refractivity contribution in [3.63, 3.8) is 0 Å². The van der Waals surface area contributed by atoms with Crippen LogP contribution in [0.1, 0.15) is 23.1 Å². The fourth-order valence-electron chi connectivity index (χ4n) is 1.13. The molecule has 0 saturated carbocycles. The molecule has 16 heavy (non-hydrogen) atoms. The van der Waals surface area contributed by atoms with Crippen molar-refractivity contribution in [2.45, 2.75) is 13.3 Å². The van der Waals surface area contributed by atoms with Gasteiger partial charge in [0.05, 0.1) is 5.69 Å². The van der Waals surface area contributed by atoms with Gasteiger partial charge >= 0.3 is 5.97 Å². The number of hydroxylamine groups is 1. The molecule has 0 atom stereocenters. The summed E-state index contributed by atoms with van der Waals surface area (Å²) in [7, 11) is 1.63. The van der Waals surface area contributed by atoms with E-state index in [9.17, 15) is 9.59 Å². The molecule has 2 N–H and O–H groups in total. The maximum atomic E-state index is 11.5. The second-order valence-corrected chi connectivity index (χ2v) is 3.11. The number of hydrogen-bond acceptors (Lipinski definition) is 4. The minimum absolute atomic E-state index is 0.322. The van der Waals surface area contributed by atoms with Gasteiger partial charge in [-0.05, 0) is 12.5 Å². The van der Waals surface area contributed by atoms with Crippen LogP contribution in [0.3, 0.4) is 0 Å². The average molecular weight is 227 g/mol. The van der Waals surface area contributed by atoms with E-state index in [1.54, 1.807) is 13.1 Å². The van der Waals surface area contributed by atoms with E-state index >= 15 is 0 Å². The third kappa shape index (κ3) is 3.06. The Kier molecular flexibility index (Phi) is 4.01. The summed E-state index contributed by atoms with van der Waals surface area (Å²) in [6.45, 7) is 1.34. The van der Waals surface area contributed by atoms with Crippen LogP contribution in [0.4, 0.5) is 0 Å². The van der Waals surface area contributed by atoms with Crippen LogP contribution in [-0.4, -0.2) is 33.4 Å². The number of carboxylic acid groups (broad SMARTS) is 1. The van der Waals surface area contributed by atoms with Crippen molar-refractivity contribution in [3.8, 4) is 0 Å². The second kappa shape index (κ2) is 5.26. The quantitative estimate of drug-likeness (QED) is 0.675. The highest BCUT2D eigenvalue weighted by atomic mass is 16.7. The molecule has 7 heteroatoms. The molecule has 0 aliphatic carbocycles. The number of hydrogen-bond donors (Lipinski definition) is 2. The lowest BCUT2D eigenvalue weighted by molar-refractivity contribution is -0.144. The molecule has 0 aromatic carbocycles. The molecule has 0 aliphatic heterocycles. The van der Waals surface area contributed by atoms with Gasteiger partial charge in [0.15, 0.2) is 6.61 Å². The second-order valence-electron chi connectivity index (χ2n) is 3.11. The molecule has 0 fully saturated rings. The molecular formula is C9H13N3O4. The van der Waals surface area contributed by atoms with E-state index in [4.69, 9.17) is 5.11 Å². The number of amides is 1. The lowest BCUT2D eigenvalue weighted by Crippen LogP contribution is -2.28. The topological polar surface area (TPSA) is 93.5 Å². The van der Waals surface area contributed by atoms with Crippen molar-refractivity contribution in [1.29, 1.82) is 0 Å². The van der Waals surface area contributed by atoms with Gasteiger partial charge in [0.2, 0.25) is 0 Å². The first-order valence-electron chi connectivity index (χ1n) is 4.71. The number of nitrogens with one attached hydrogen (secondary N) is 1. The average Bonchev–Trinajstić information content (AvgIpc) is 2.59. The van der Waals surface area contributed by atoms with Crippen molar-refractivity contribution in [2.75, 3.05) is 6.61 Å².